The third-order valence-electron chi connectivity index (χ3n) is 4.47. The van der Waals surface area contributed by atoms with Crippen LogP contribution in [0.3, 0.4) is 0 Å². The van der Waals surface area contributed by atoms with Gasteiger partial charge >= 0.3 is 0 Å². The summed E-state index contributed by atoms with van der Waals surface area (Å²) in [5.41, 5.74) is 1.46. The van der Waals surface area contributed by atoms with E-state index in [-0.39, 0.29) is 5.54 Å². The van der Waals surface area contributed by atoms with Gasteiger partial charge in [0.1, 0.15) is 5.65 Å². The summed E-state index contributed by atoms with van der Waals surface area (Å²) in [6.45, 7) is 0. The molecule has 2 N–H and O–H groups in total. The highest BCUT2D eigenvalue weighted by molar-refractivity contribution is 7.98. The number of thioether (sulfide) groups is 1. The van der Waals surface area contributed by atoms with E-state index in [2.05, 4.69) is 14.5 Å². The number of hydrogen-bond acceptors (Lipinski definition) is 5. The molecule has 0 unspecified atom stereocenters. The van der Waals surface area contributed by atoms with Crippen LogP contribution in [0.5, 0.6) is 0 Å². The summed E-state index contributed by atoms with van der Waals surface area (Å²) >= 11 is 1.50. The molecule has 0 radical (unpaired) electrons. The van der Waals surface area contributed by atoms with Crippen LogP contribution in [0.1, 0.15) is 31.2 Å². The number of aliphatic hydroxyl groups is 2. The molecule has 0 atom stereocenters. The minimum atomic E-state index is -1.46. The van der Waals surface area contributed by atoms with Crippen molar-refractivity contribution in [3.63, 3.8) is 0 Å². The fourth-order valence-corrected chi connectivity index (χ4v) is 3.82. The topological polar surface area (TPSA) is 71.2 Å². The molecule has 2 heterocycles. The van der Waals surface area contributed by atoms with E-state index in [9.17, 15) is 10.2 Å². The molecular formula is C13H15N3O2S. The lowest BCUT2D eigenvalue weighted by atomic mass is 9.49. The first-order valence-electron chi connectivity index (χ1n) is 6.42. The Morgan fingerprint density at radius 1 is 1.42 bits per heavy atom. The molecule has 3 aliphatic carbocycles. The summed E-state index contributed by atoms with van der Waals surface area (Å²) in [6.07, 6.45) is 5.65. The van der Waals surface area contributed by atoms with Gasteiger partial charge in [0.15, 0.2) is 11.4 Å². The second-order valence-electron chi connectivity index (χ2n) is 5.62. The first kappa shape index (κ1) is 11.7. The first-order chi connectivity index (χ1) is 9.13. The zero-order chi connectivity index (χ0) is 13.2. The molecule has 2 bridgehead atoms. The molecule has 100 valence electrons. The van der Waals surface area contributed by atoms with Gasteiger partial charge in [-0.2, -0.15) is 0 Å². The molecule has 6 heteroatoms. The standard InChI is InChI=1S/C13H15N3O2S/c1-19-12-14-6-8-2-9(11(17)18)16(10(8)15-12)13-3-7(4-13)5-13/h2,6-7,11,17-18H,3-5H2,1H3. The molecule has 0 saturated heterocycles. The van der Waals surface area contributed by atoms with Gasteiger partial charge in [-0.25, -0.2) is 9.97 Å². The van der Waals surface area contributed by atoms with E-state index in [1.165, 1.54) is 11.8 Å². The van der Waals surface area contributed by atoms with Crippen molar-refractivity contribution in [2.45, 2.75) is 36.2 Å². The fourth-order valence-electron chi connectivity index (χ4n) is 3.49. The summed E-state index contributed by atoms with van der Waals surface area (Å²) in [6, 6.07) is 1.80. The molecule has 19 heavy (non-hydrogen) atoms. The zero-order valence-electron chi connectivity index (χ0n) is 10.6. The molecule has 3 fully saturated rings. The van der Waals surface area contributed by atoms with Crippen LogP contribution in [-0.2, 0) is 5.54 Å². The second-order valence-corrected chi connectivity index (χ2v) is 6.39. The van der Waals surface area contributed by atoms with Crippen LogP contribution < -0.4 is 0 Å². The molecule has 0 spiro atoms. The quantitative estimate of drug-likeness (QED) is 0.507. The molecule has 5 rings (SSSR count). The average Bonchev–Trinajstić information content (AvgIpc) is 2.64. The molecule has 3 saturated carbocycles. The van der Waals surface area contributed by atoms with Crippen molar-refractivity contribution < 1.29 is 10.2 Å². The van der Waals surface area contributed by atoms with Crippen molar-refractivity contribution in [3.05, 3.63) is 18.0 Å². The Morgan fingerprint density at radius 3 is 2.68 bits per heavy atom. The van der Waals surface area contributed by atoms with Gasteiger partial charge < -0.3 is 14.8 Å². The molecule has 2 aromatic heterocycles. The highest BCUT2D eigenvalue weighted by Crippen LogP contribution is 2.63. The molecule has 0 amide bonds. The van der Waals surface area contributed by atoms with E-state index in [1.54, 1.807) is 12.3 Å². The van der Waals surface area contributed by atoms with Crippen LogP contribution in [0.15, 0.2) is 17.4 Å². The second kappa shape index (κ2) is 3.71. The summed E-state index contributed by atoms with van der Waals surface area (Å²) in [7, 11) is 0. The van der Waals surface area contributed by atoms with Gasteiger partial charge in [0.25, 0.3) is 0 Å². The van der Waals surface area contributed by atoms with E-state index in [1.807, 2.05) is 6.26 Å². The summed E-state index contributed by atoms with van der Waals surface area (Å²) in [4.78, 5) is 8.82. The monoisotopic (exact) mass is 277 g/mol. The van der Waals surface area contributed by atoms with Crippen molar-refractivity contribution in [2.75, 3.05) is 6.26 Å². The fraction of sp³-hybridized carbons (Fsp3) is 0.538. The van der Waals surface area contributed by atoms with Gasteiger partial charge in [-0.15, -0.1) is 0 Å². The Balaban J connectivity index is 1.97. The van der Waals surface area contributed by atoms with E-state index < -0.39 is 6.29 Å². The Hall–Kier alpha value is -1.11. The number of nitrogens with zero attached hydrogens (tertiary/aromatic N) is 3. The van der Waals surface area contributed by atoms with Gasteiger partial charge in [-0.1, -0.05) is 11.8 Å². The molecule has 5 nitrogen and oxygen atoms in total. The van der Waals surface area contributed by atoms with Crippen molar-refractivity contribution in [2.24, 2.45) is 5.92 Å². The van der Waals surface area contributed by atoms with Gasteiger partial charge in [0, 0.05) is 17.1 Å². The maximum atomic E-state index is 9.61. The minimum absolute atomic E-state index is 0.0789. The van der Waals surface area contributed by atoms with Crippen LogP contribution in [0, 0.1) is 5.92 Å². The largest absolute Gasteiger partial charge is 0.363 e. The maximum Gasteiger partial charge on any atom is 0.194 e. The van der Waals surface area contributed by atoms with E-state index in [4.69, 9.17) is 0 Å². The van der Waals surface area contributed by atoms with Crippen molar-refractivity contribution in [3.8, 4) is 0 Å². The highest BCUT2D eigenvalue weighted by atomic mass is 32.2. The number of fused-ring (bicyclic) bond motifs is 1. The smallest absolute Gasteiger partial charge is 0.194 e. The molecule has 0 aromatic carbocycles. The lowest BCUT2D eigenvalue weighted by Gasteiger charge is -2.63. The van der Waals surface area contributed by atoms with E-state index in [0.717, 1.165) is 41.4 Å². The van der Waals surface area contributed by atoms with Gasteiger partial charge in [-0.3, -0.25) is 0 Å². The Kier molecular flexibility index (Phi) is 2.29. The van der Waals surface area contributed by atoms with Crippen LogP contribution in [0.25, 0.3) is 11.0 Å². The Labute approximate surface area is 114 Å². The average molecular weight is 277 g/mol. The van der Waals surface area contributed by atoms with Crippen LogP contribution in [0.4, 0.5) is 0 Å². The van der Waals surface area contributed by atoms with Crippen LogP contribution in [-0.4, -0.2) is 31.0 Å². The third kappa shape index (κ3) is 1.45. The lowest BCUT2D eigenvalue weighted by molar-refractivity contribution is -0.105. The zero-order valence-corrected chi connectivity index (χ0v) is 11.4. The van der Waals surface area contributed by atoms with Crippen LogP contribution in [0.2, 0.25) is 0 Å². The lowest BCUT2D eigenvalue weighted by Crippen LogP contribution is -2.59. The first-order valence-corrected chi connectivity index (χ1v) is 7.64. The van der Waals surface area contributed by atoms with Crippen LogP contribution >= 0.6 is 11.8 Å². The SMILES string of the molecule is CSc1ncc2cc(C(O)O)n(C34CC(C3)C4)c2n1. The molecular weight excluding hydrogens is 262 g/mol. The third-order valence-corrected chi connectivity index (χ3v) is 5.04. The summed E-state index contributed by atoms with van der Waals surface area (Å²) < 4.78 is 2.05. The normalized spacial score (nSPS) is 28.5. The van der Waals surface area contributed by atoms with Crippen molar-refractivity contribution in [1.29, 1.82) is 0 Å². The summed E-state index contributed by atoms with van der Waals surface area (Å²) in [5, 5.41) is 20.8. The molecule has 3 aliphatic rings. The number of aromatic nitrogens is 3. The van der Waals surface area contributed by atoms with E-state index in [0.29, 0.717) is 5.69 Å². The predicted octanol–water partition coefficient (Wildman–Crippen LogP) is 1.65. The Morgan fingerprint density at radius 2 is 2.16 bits per heavy atom. The molecule has 2 aromatic rings. The highest BCUT2D eigenvalue weighted by Gasteiger charge is 2.59. The minimum Gasteiger partial charge on any atom is -0.363 e. The van der Waals surface area contributed by atoms with Crippen molar-refractivity contribution >= 4 is 22.8 Å². The van der Waals surface area contributed by atoms with Gasteiger partial charge in [-0.05, 0) is 37.5 Å². The van der Waals surface area contributed by atoms with E-state index >= 15 is 0 Å². The number of hydrogen-bond donors (Lipinski definition) is 2. The van der Waals surface area contributed by atoms with Gasteiger partial charge in [0.05, 0.1) is 5.69 Å². The van der Waals surface area contributed by atoms with Gasteiger partial charge in [0.2, 0.25) is 0 Å². The predicted molar refractivity (Wildman–Crippen MR) is 71.8 cm³/mol. The number of rotatable bonds is 3. The maximum absolute atomic E-state index is 9.61. The molecule has 0 aliphatic heterocycles. The van der Waals surface area contributed by atoms with Crippen molar-refractivity contribution in [1.82, 2.24) is 14.5 Å². The summed E-state index contributed by atoms with van der Waals surface area (Å²) in [5.74, 6) is 0.822. The number of aliphatic hydroxyl groups excluding tert-OH is 1. The Bertz CT molecular complexity index is 650.